The van der Waals surface area contributed by atoms with E-state index in [1.165, 1.54) is 0 Å². The maximum atomic E-state index is 14.4. The van der Waals surface area contributed by atoms with E-state index in [0.29, 0.717) is 12.8 Å². The van der Waals surface area contributed by atoms with Crippen LogP contribution in [0, 0.1) is 12.3 Å². The quantitative estimate of drug-likeness (QED) is 0.620. The molecular formula is C24H24F3N3O2. The second kappa shape index (κ2) is 9.35. The van der Waals surface area contributed by atoms with Crippen LogP contribution in [0.5, 0.6) is 0 Å². The molecule has 0 aliphatic carbocycles. The lowest BCUT2D eigenvalue weighted by Crippen LogP contribution is -2.32. The second-order valence-electron chi connectivity index (χ2n) is 7.57. The first-order valence-corrected chi connectivity index (χ1v) is 10.3. The average molecular weight is 443 g/mol. The minimum atomic E-state index is -4.93. The molecule has 1 fully saturated rings. The van der Waals surface area contributed by atoms with E-state index in [9.17, 15) is 22.8 Å². The Bertz CT molecular complexity index is 1070. The van der Waals surface area contributed by atoms with Crippen molar-refractivity contribution in [3.63, 3.8) is 0 Å². The maximum absolute atomic E-state index is 14.4. The number of hydrogen-bond acceptors (Lipinski definition) is 3. The number of hydrogen-bond donors (Lipinski definition) is 2. The van der Waals surface area contributed by atoms with Gasteiger partial charge < -0.3 is 16.0 Å². The van der Waals surface area contributed by atoms with Crippen molar-refractivity contribution in [2.75, 3.05) is 16.8 Å². The molecular weight excluding hydrogens is 419 g/mol. The van der Waals surface area contributed by atoms with Gasteiger partial charge >= 0.3 is 6.18 Å². The molecule has 2 amide bonds. The first-order chi connectivity index (χ1) is 15.2. The van der Waals surface area contributed by atoms with E-state index in [-0.39, 0.29) is 42.7 Å². The molecule has 32 heavy (non-hydrogen) atoms. The van der Waals surface area contributed by atoms with Crippen molar-refractivity contribution in [3.05, 3.63) is 58.1 Å². The number of halogens is 3. The van der Waals surface area contributed by atoms with Crippen LogP contribution < -0.4 is 16.0 Å². The van der Waals surface area contributed by atoms with Crippen LogP contribution in [0.4, 0.5) is 24.5 Å². The zero-order valence-electron chi connectivity index (χ0n) is 17.7. The molecule has 0 atom stereocenters. The number of carbonyl (C=O) groups is 2. The van der Waals surface area contributed by atoms with Crippen molar-refractivity contribution in [1.29, 1.82) is 0 Å². The van der Waals surface area contributed by atoms with Crippen LogP contribution >= 0.6 is 0 Å². The molecule has 0 unspecified atom stereocenters. The first kappa shape index (κ1) is 23.2. The number of rotatable bonds is 7. The summed E-state index contributed by atoms with van der Waals surface area (Å²) in [5.41, 5.74) is 4.20. The summed E-state index contributed by atoms with van der Waals surface area (Å²) in [7, 11) is 0. The monoisotopic (exact) mass is 443 g/mol. The number of nitrogens with one attached hydrogen (secondary N) is 1. The lowest BCUT2D eigenvalue weighted by atomic mass is 9.88. The van der Waals surface area contributed by atoms with Gasteiger partial charge in [-0.3, -0.25) is 9.59 Å². The highest BCUT2D eigenvalue weighted by molar-refractivity contribution is 6.06. The second-order valence-corrected chi connectivity index (χ2v) is 7.57. The minimum Gasteiger partial charge on any atom is -0.378 e. The molecule has 0 radical (unpaired) electrons. The number of alkyl halides is 3. The molecule has 2 aromatic rings. The van der Waals surface area contributed by atoms with Crippen molar-refractivity contribution in [2.24, 2.45) is 5.73 Å². The number of carbonyl (C=O) groups excluding carboxylic acids is 2. The van der Waals surface area contributed by atoms with E-state index in [1.54, 1.807) is 6.92 Å². The highest BCUT2D eigenvalue weighted by Crippen LogP contribution is 2.48. The van der Waals surface area contributed by atoms with Gasteiger partial charge in [-0.25, -0.2) is 0 Å². The predicted octanol–water partition coefficient (Wildman–Crippen LogP) is 4.48. The molecule has 0 bridgehead atoms. The Balaban J connectivity index is 2.38. The number of nitrogens with two attached hydrogens (primary N) is 1. The van der Waals surface area contributed by atoms with Crippen molar-refractivity contribution in [2.45, 2.75) is 45.3 Å². The van der Waals surface area contributed by atoms with Gasteiger partial charge in [0.15, 0.2) is 0 Å². The first-order valence-electron chi connectivity index (χ1n) is 10.3. The number of nitrogens with zero attached hydrogens (tertiary/aromatic N) is 1. The smallest absolute Gasteiger partial charge is 0.378 e. The summed E-state index contributed by atoms with van der Waals surface area (Å²) in [5.74, 6) is 0.781. The third-order valence-electron chi connectivity index (χ3n) is 5.41. The van der Waals surface area contributed by atoms with Gasteiger partial charge in [0.2, 0.25) is 11.8 Å². The summed E-state index contributed by atoms with van der Waals surface area (Å²) >= 11 is 0. The third-order valence-corrected chi connectivity index (χ3v) is 5.41. The molecule has 0 spiro atoms. The normalized spacial score (nSPS) is 13.8. The van der Waals surface area contributed by atoms with Crippen molar-refractivity contribution in [1.82, 2.24) is 0 Å². The fourth-order valence-electron chi connectivity index (χ4n) is 4.11. The van der Waals surface area contributed by atoms with Gasteiger partial charge in [0.1, 0.15) is 0 Å². The van der Waals surface area contributed by atoms with Gasteiger partial charge in [-0.05, 0) is 24.0 Å². The lowest BCUT2D eigenvalue weighted by molar-refractivity contribution is -0.137. The van der Waals surface area contributed by atoms with E-state index in [2.05, 4.69) is 11.2 Å². The topological polar surface area (TPSA) is 75.4 Å². The Labute approximate surface area is 184 Å². The van der Waals surface area contributed by atoms with Crippen molar-refractivity contribution >= 4 is 23.2 Å². The molecule has 8 heteroatoms. The number of primary amides is 1. The van der Waals surface area contributed by atoms with E-state index < -0.39 is 34.8 Å². The molecule has 0 saturated carbocycles. The van der Waals surface area contributed by atoms with Crippen LogP contribution in [-0.4, -0.2) is 18.4 Å². The Morgan fingerprint density at radius 1 is 1.28 bits per heavy atom. The van der Waals surface area contributed by atoms with Crippen LogP contribution in [0.3, 0.4) is 0 Å². The number of amides is 2. The standard InChI is InChI=1S/C24H24F3N3O2/c1-3-9-17-16(4-2)21(29-14-15-10-6-5-7-11-15)22(30-13-8-12-18(30)31)20(24(25,26)27)19(17)23(28)32/h2,5-7,10-11,29H,3,8-9,12-14H2,1H3,(H2,28,32). The SMILES string of the molecule is C#Cc1c(CCC)c(C(N)=O)c(C(F)(F)F)c(N2CCCC2=O)c1NCc1ccccc1. The van der Waals surface area contributed by atoms with Crippen LogP contribution in [0.2, 0.25) is 0 Å². The molecule has 3 rings (SSSR count). The van der Waals surface area contributed by atoms with Gasteiger partial charge in [0, 0.05) is 19.5 Å². The van der Waals surface area contributed by atoms with Crippen molar-refractivity contribution in [3.8, 4) is 12.3 Å². The molecule has 1 saturated heterocycles. The third kappa shape index (κ3) is 4.42. The Morgan fingerprint density at radius 3 is 2.47 bits per heavy atom. The Morgan fingerprint density at radius 2 is 1.97 bits per heavy atom. The van der Waals surface area contributed by atoms with E-state index in [4.69, 9.17) is 12.2 Å². The predicted molar refractivity (Wildman–Crippen MR) is 117 cm³/mol. The van der Waals surface area contributed by atoms with Crippen LogP contribution in [-0.2, 0) is 23.9 Å². The van der Waals surface area contributed by atoms with Gasteiger partial charge in [-0.15, -0.1) is 6.42 Å². The fraction of sp³-hybridized carbons (Fsp3) is 0.333. The molecule has 5 nitrogen and oxygen atoms in total. The summed E-state index contributed by atoms with van der Waals surface area (Å²) in [6.45, 7) is 2.05. The summed E-state index contributed by atoms with van der Waals surface area (Å²) < 4.78 is 43.3. The van der Waals surface area contributed by atoms with Gasteiger partial charge in [0.05, 0.1) is 28.1 Å². The molecule has 1 heterocycles. The number of terminal acetylenes is 1. The van der Waals surface area contributed by atoms with Gasteiger partial charge in [-0.1, -0.05) is 49.6 Å². The molecule has 168 valence electrons. The number of anilines is 2. The Hall–Kier alpha value is -3.47. The lowest BCUT2D eigenvalue weighted by Gasteiger charge is -2.29. The van der Waals surface area contributed by atoms with Crippen molar-refractivity contribution < 1.29 is 22.8 Å². The summed E-state index contributed by atoms with van der Waals surface area (Å²) in [6, 6.07) is 9.08. The van der Waals surface area contributed by atoms with Gasteiger partial charge in [0.25, 0.3) is 0 Å². The molecule has 1 aliphatic rings. The van der Waals surface area contributed by atoms with E-state index in [1.807, 2.05) is 30.3 Å². The minimum absolute atomic E-state index is 0.0207. The zero-order valence-corrected chi connectivity index (χ0v) is 17.7. The van der Waals surface area contributed by atoms with E-state index >= 15 is 0 Å². The van der Waals surface area contributed by atoms with Crippen LogP contribution in [0.15, 0.2) is 30.3 Å². The molecule has 2 aromatic carbocycles. The summed E-state index contributed by atoms with van der Waals surface area (Å²) in [6.07, 6.45) is 1.93. The van der Waals surface area contributed by atoms with Crippen LogP contribution in [0.1, 0.15) is 58.8 Å². The molecule has 3 N–H and O–H groups in total. The summed E-state index contributed by atoms with van der Waals surface area (Å²) in [5, 5.41) is 3.04. The zero-order chi connectivity index (χ0) is 23.5. The fourth-order valence-corrected chi connectivity index (χ4v) is 4.11. The highest BCUT2D eigenvalue weighted by atomic mass is 19.4. The van der Waals surface area contributed by atoms with Gasteiger partial charge in [-0.2, -0.15) is 13.2 Å². The van der Waals surface area contributed by atoms with E-state index in [0.717, 1.165) is 10.5 Å². The summed E-state index contributed by atoms with van der Waals surface area (Å²) in [4.78, 5) is 25.9. The maximum Gasteiger partial charge on any atom is 0.419 e. The molecule has 1 aliphatic heterocycles. The Kier molecular flexibility index (Phi) is 6.78. The molecule has 0 aromatic heterocycles. The largest absolute Gasteiger partial charge is 0.419 e. The average Bonchev–Trinajstić information content (AvgIpc) is 3.17. The number of benzene rings is 2. The highest BCUT2D eigenvalue weighted by Gasteiger charge is 2.44. The van der Waals surface area contributed by atoms with Crippen LogP contribution in [0.25, 0.3) is 0 Å².